The first-order chi connectivity index (χ1) is 8.78. The maximum absolute atomic E-state index is 12.2. The van der Waals surface area contributed by atoms with Gasteiger partial charge >= 0.3 is 6.09 Å². The number of carbonyl (C=O) groups excluding carboxylic acids is 1. The first-order valence-corrected chi connectivity index (χ1v) is 7.13. The van der Waals surface area contributed by atoms with Gasteiger partial charge in [0.1, 0.15) is 5.60 Å². The molecule has 1 aliphatic rings. The van der Waals surface area contributed by atoms with E-state index in [0.29, 0.717) is 6.54 Å². The van der Waals surface area contributed by atoms with Crippen LogP contribution >= 0.6 is 15.9 Å². The third kappa shape index (κ3) is 3.28. The smallest absolute Gasteiger partial charge is 0.414 e. The number of carbonyl (C=O) groups is 1. The maximum atomic E-state index is 12.2. The zero-order chi connectivity index (χ0) is 14.2. The third-order valence-corrected chi connectivity index (χ3v) is 3.45. The van der Waals surface area contributed by atoms with Crippen molar-refractivity contribution in [2.75, 3.05) is 11.4 Å². The maximum Gasteiger partial charge on any atom is 0.414 e. The van der Waals surface area contributed by atoms with E-state index in [0.717, 1.165) is 22.1 Å². The molecule has 1 aromatic carbocycles. The van der Waals surface area contributed by atoms with Crippen LogP contribution in [0.4, 0.5) is 10.5 Å². The van der Waals surface area contributed by atoms with Crippen molar-refractivity contribution in [3.05, 3.63) is 28.2 Å². The highest BCUT2D eigenvalue weighted by Crippen LogP contribution is 2.35. The quantitative estimate of drug-likeness (QED) is 0.792. The zero-order valence-corrected chi connectivity index (χ0v) is 13.0. The lowest BCUT2D eigenvalue weighted by Crippen LogP contribution is -2.41. The Morgan fingerprint density at radius 1 is 1.47 bits per heavy atom. The first kappa shape index (κ1) is 14.3. The monoisotopic (exact) mass is 326 g/mol. The number of nitrogens with two attached hydrogens (primary N) is 1. The minimum Gasteiger partial charge on any atom is -0.443 e. The number of hydrogen-bond acceptors (Lipinski definition) is 3. The van der Waals surface area contributed by atoms with Crippen LogP contribution in [0, 0.1) is 0 Å². The Kier molecular flexibility index (Phi) is 3.87. The summed E-state index contributed by atoms with van der Waals surface area (Å²) in [6.07, 6.45) is 0.423. The summed E-state index contributed by atoms with van der Waals surface area (Å²) in [5.74, 6) is 0. The molecular formula is C14H19BrN2O2. The lowest BCUT2D eigenvalue weighted by Gasteiger charge is -2.34. The van der Waals surface area contributed by atoms with E-state index in [-0.39, 0.29) is 12.1 Å². The van der Waals surface area contributed by atoms with E-state index in [4.69, 9.17) is 10.5 Å². The molecule has 0 aliphatic carbocycles. The van der Waals surface area contributed by atoms with Gasteiger partial charge in [0.2, 0.25) is 0 Å². The second kappa shape index (κ2) is 5.13. The average Bonchev–Trinajstić information content (AvgIpc) is 2.26. The Bertz CT molecular complexity index is 497. The van der Waals surface area contributed by atoms with Crippen molar-refractivity contribution in [2.24, 2.45) is 5.73 Å². The van der Waals surface area contributed by atoms with Crippen LogP contribution in [0.5, 0.6) is 0 Å². The highest BCUT2D eigenvalue weighted by Gasteiger charge is 2.30. The molecule has 0 aromatic heterocycles. The largest absolute Gasteiger partial charge is 0.443 e. The van der Waals surface area contributed by atoms with Crippen LogP contribution < -0.4 is 10.6 Å². The van der Waals surface area contributed by atoms with Crippen LogP contribution in [0.1, 0.15) is 38.8 Å². The Hall–Kier alpha value is -1.07. The summed E-state index contributed by atoms with van der Waals surface area (Å²) in [5, 5.41) is 0. The van der Waals surface area contributed by atoms with Gasteiger partial charge in [-0.05, 0) is 44.9 Å². The summed E-state index contributed by atoms with van der Waals surface area (Å²) in [7, 11) is 0. The third-order valence-electron chi connectivity index (χ3n) is 2.96. The molecule has 1 heterocycles. The molecule has 104 valence electrons. The first-order valence-electron chi connectivity index (χ1n) is 6.33. The zero-order valence-electron chi connectivity index (χ0n) is 11.4. The fourth-order valence-electron chi connectivity index (χ4n) is 2.11. The van der Waals surface area contributed by atoms with Crippen molar-refractivity contribution in [3.63, 3.8) is 0 Å². The molecule has 0 saturated heterocycles. The van der Waals surface area contributed by atoms with E-state index < -0.39 is 5.60 Å². The van der Waals surface area contributed by atoms with E-state index in [1.807, 2.05) is 39.0 Å². The Balaban J connectivity index is 2.32. The normalized spacial score (nSPS) is 19.0. The fraction of sp³-hybridized carbons (Fsp3) is 0.500. The minimum atomic E-state index is -0.497. The molecule has 19 heavy (non-hydrogen) atoms. The minimum absolute atomic E-state index is 0.0261. The van der Waals surface area contributed by atoms with Gasteiger partial charge in [-0.2, -0.15) is 0 Å². The number of nitrogens with zero attached hydrogens (tertiary/aromatic N) is 1. The average molecular weight is 327 g/mol. The number of halogens is 1. The molecule has 2 N–H and O–H groups in total. The molecule has 1 atom stereocenters. The molecule has 1 aliphatic heterocycles. The van der Waals surface area contributed by atoms with Gasteiger partial charge in [-0.25, -0.2) is 4.79 Å². The van der Waals surface area contributed by atoms with Gasteiger partial charge in [0.25, 0.3) is 0 Å². The van der Waals surface area contributed by atoms with Gasteiger partial charge < -0.3 is 10.5 Å². The molecule has 1 aromatic rings. The number of hydrogen-bond donors (Lipinski definition) is 1. The van der Waals surface area contributed by atoms with Crippen LogP contribution in [0.2, 0.25) is 0 Å². The summed E-state index contributed by atoms with van der Waals surface area (Å²) in [4.78, 5) is 13.9. The van der Waals surface area contributed by atoms with Gasteiger partial charge in [-0.3, -0.25) is 4.90 Å². The van der Waals surface area contributed by atoms with E-state index in [9.17, 15) is 4.79 Å². The lowest BCUT2D eigenvalue weighted by molar-refractivity contribution is 0.0576. The van der Waals surface area contributed by atoms with Gasteiger partial charge in [0.05, 0.1) is 5.69 Å². The van der Waals surface area contributed by atoms with Crippen LogP contribution in [0.25, 0.3) is 0 Å². The SMILES string of the molecule is CC(C)(C)OC(=O)N1CCC(N)c2ccc(Br)cc21. The van der Waals surface area contributed by atoms with Crippen LogP contribution in [-0.4, -0.2) is 18.2 Å². The molecule has 5 heteroatoms. The van der Waals surface area contributed by atoms with Gasteiger partial charge in [0.15, 0.2) is 0 Å². The Morgan fingerprint density at radius 3 is 2.79 bits per heavy atom. The van der Waals surface area contributed by atoms with Gasteiger partial charge in [-0.1, -0.05) is 22.0 Å². The number of benzene rings is 1. The van der Waals surface area contributed by atoms with E-state index >= 15 is 0 Å². The van der Waals surface area contributed by atoms with Crippen molar-refractivity contribution in [2.45, 2.75) is 38.8 Å². The van der Waals surface area contributed by atoms with Gasteiger partial charge in [-0.15, -0.1) is 0 Å². The van der Waals surface area contributed by atoms with Crippen molar-refractivity contribution >= 4 is 27.7 Å². The second-order valence-electron chi connectivity index (χ2n) is 5.73. The summed E-state index contributed by atoms with van der Waals surface area (Å²) in [5.41, 5.74) is 7.42. The molecule has 1 amide bonds. The molecule has 2 rings (SSSR count). The molecular weight excluding hydrogens is 308 g/mol. The summed E-state index contributed by atoms with van der Waals surface area (Å²) in [6.45, 7) is 6.17. The van der Waals surface area contributed by atoms with Gasteiger partial charge in [0, 0.05) is 17.1 Å². The highest BCUT2D eigenvalue weighted by molar-refractivity contribution is 9.10. The number of amides is 1. The van der Waals surface area contributed by atoms with E-state index in [1.54, 1.807) is 4.90 Å². The topological polar surface area (TPSA) is 55.6 Å². The highest BCUT2D eigenvalue weighted by atomic mass is 79.9. The van der Waals surface area contributed by atoms with Crippen molar-refractivity contribution in [1.82, 2.24) is 0 Å². The molecule has 4 nitrogen and oxygen atoms in total. The lowest BCUT2D eigenvalue weighted by atomic mass is 9.97. The molecule has 0 fully saturated rings. The van der Waals surface area contributed by atoms with E-state index in [1.165, 1.54) is 0 Å². The van der Waals surface area contributed by atoms with Crippen molar-refractivity contribution in [3.8, 4) is 0 Å². The molecule has 1 unspecified atom stereocenters. The molecule has 0 saturated carbocycles. The summed E-state index contributed by atoms with van der Waals surface area (Å²) >= 11 is 3.43. The standard InChI is InChI=1S/C14H19BrN2O2/c1-14(2,3)19-13(18)17-7-6-11(16)10-5-4-9(15)8-12(10)17/h4-5,8,11H,6-7,16H2,1-3H3. The Labute approximate surface area is 122 Å². The van der Waals surface area contributed by atoms with Crippen LogP contribution in [-0.2, 0) is 4.74 Å². The predicted octanol–water partition coefficient (Wildman–Crippen LogP) is 3.59. The number of fused-ring (bicyclic) bond motifs is 1. The second-order valence-corrected chi connectivity index (χ2v) is 6.65. The molecule has 0 spiro atoms. The van der Waals surface area contributed by atoms with Crippen molar-refractivity contribution < 1.29 is 9.53 Å². The Morgan fingerprint density at radius 2 is 2.16 bits per heavy atom. The molecule has 0 bridgehead atoms. The predicted molar refractivity (Wildman–Crippen MR) is 79.3 cm³/mol. The summed E-state index contributed by atoms with van der Waals surface area (Å²) < 4.78 is 6.36. The molecule has 0 radical (unpaired) electrons. The van der Waals surface area contributed by atoms with Crippen LogP contribution in [0.15, 0.2) is 22.7 Å². The van der Waals surface area contributed by atoms with E-state index in [2.05, 4.69) is 15.9 Å². The fourth-order valence-corrected chi connectivity index (χ4v) is 2.46. The van der Waals surface area contributed by atoms with Crippen LogP contribution in [0.3, 0.4) is 0 Å². The number of anilines is 1. The number of ether oxygens (including phenoxy) is 1. The summed E-state index contributed by atoms with van der Waals surface area (Å²) in [6, 6.07) is 5.79. The number of rotatable bonds is 0. The van der Waals surface area contributed by atoms with Crippen molar-refractivity contribution in [1.29, 1.82) is 0 Å².